The molecule has 2 N–H and O–H groups in total. The molecule has 1 aromatic rings. The number of hydrogen-bond donors (Lipinski definition) is 1. The molecule has 0 unspecified atom stereocenters. The lowest BCUT2D eigenvalue weighted by molar-refractivity contribution is -0.106. The van der Waals surface area contributed by atoms with Crippen molar-refractivity contribution in [2.75, 3.05) is 0 Å². The zero-order valence-electron chi connectivity index (χ0n) is 8.16. The maximum atomic E-state index is 8.58. The van der Waals surface area contributed by atoms with Crippen molar-refractivity contribution in [3.63, 3.8) is 0 Å². The Kier molecular flexibility index (Phi) is 6.51. The second kappa shape index (κ2) is 7.28. The molecule has 0 fully saturated rings. The Balaban J connectivity index is 0.000000424. The third-order valence-electron chi connectivity index (χ3n) is 1.70. The van der Waals surface area contributed by atoms with Gasteiger partial charge < -0.3 is 5.73 Å². The first-order valence-electron chi connectivity index (χ1n) is 4.38. The fourth-order valence-electron chi connectivity index (χ4n) is 1.11. The summed E-state index contributed by atoms with van der Waals surface area (Å²) in [4.78, 5) is 12.9. The Morgan fingerprint density at radius 2 is 2.08 bits per heavy atom. The highest BCUT2D eigenvalue weighted by Crippen LogP contribution is 2.05. The van der Waals surface area contributed by atoms with Gasteiger partial charge in [0.15, 0.2) is 0 Å². The first-order valence-corrected chi connectivity index (χ1v) is 4.38. The number of carbonyl (C=O) groups excluding carboxylic acids is 1. The fraction of sp³-hybridized carbons (Fsp3) is 0.400. The van der Waals surface area contributed by atoms with Gasteiger partial charge in [-0.3, -0.25) is 9.78 Å². The zero-order chi connectivity index (χ0) is 10.1. The van der Waals surface area contributed by atoms with Gasteiger partial charge in [-0.1, -0.05) is 19.9 Å². The molecule has 0 aliphatic heterocycles. The summed E-state index contributed by atoms with van der Waals surface area (Å²) in [6.07, 6.45) is 4.25. The second-order valence-corrected chi connectivity index (χ2v) is 2.45. The Morgan fingerprint density at radius 3 is 2.46 bits per heavy atom. The van der Waals surface area contributed by atoms with Gasteiger partial charge >= 0.3 is 0 Å². The number of carbonyl (C=O) groups is 1. The normalized spacial score (nSPS) is 8.46. The highest BCUT2D eigenvalue weighted by Gasteiger charge is 1.95. The molecular weight excluding hydrogens is 164 g/mol. The van der Waals surface area contributed by atoms with E-state index >= 15 is 0 Å². The van der Waals surface area contributed by atoms with Crippen molar-refractivity contribution in [1.29, 1.82) is 0 Å². The van der Waals surface area contributed by atoms with Crippen LogP contribution in [0.3, 0.4) is 0 Å². The lowest BCUT2D eigenvalue weighted by atomic mass is 10.1. The third kappa shape index (κ3) is 4.25. The van der Waals surface area contributed by atoms with Crippen LogP contribution in [0.5, 0.6) is 0 Å². The Bertz CT molecular complexity index is 225. The van der Waals surface area contributed by atoms with Crippen molar-refractivity contribution in [3.8, 4) is 0 Å². The summed E-state index contributed by atoms with van der Waals surface area (Å²) in [6.45, 7) is 4.30. The lowest BCUT2D eigenvalue weighted by Gasteiger charge is -2.01. The van der Waals surface area contributed by atoms with E-state index in [0.717, 1.165) is 12.8 Å². The molecule has 1 aromatic heterocycles. The molecular formula is C10H16N2O. The van der Waals surface area contributed by atoms with E-state index in [4.69, 9.17) is 4.79 Å². The van der Waals surface area contributed by atoms with E-state index in [1.165, 1.54) is 11.3 Å². The number of amides is 1. The van der Waals surface area contributed by atoms with Gasteiger partial charge in [-0.2, -0.15) is 0 Å². The van der Waals surface area contributed by atoms with Crippen LogP contribution in [0.25, 0.3) is 0 Å². The highest BCUT2D eigenvalue weighted by atomic mass is 16.1. The molecule has 0 saturated carbocycles. The van der Waals surface area contributed by atoms with Gasteiger partial charge in [-0.05, 0) is 24.5 Å². The minimum Gasteiger partial charge on any atom is -0.372 e. The van der Waals surface area contributed by atoms with Crippen LogP contribution >= 0.6 is 0 Å². The maximum absolute atomic E-state index is 8.58. The third-order valence-corrected chi connectivity index (χ3v) is 1.70. The second-order valence-electron chi connectivity index (χ2n) is 2.45. The molecule has 13 heavy (non-hydrogen) atoms. The molecule has 1 rings (SSSR count). The molecule has 0 aliphatic carbocycles. The Labute approximate surface area is 79.0 Å². The molecule has 0 aliphatic rings. The monoisotopic (exact) mass is 180 g/mol. The molecule has 1 heterocycles. The zero-order valence-corrected chi connectivity index (χ0v) is 8.16. The number of nitrogens with two attached hydrogens (primary N) is 1. The molecule has 1 amide bonds. The predicted octanol–water partition coefficient (Wildman–Crippen LogP) is 1.31. The average Bonchev–Trinajstić information content (AvgIpc) is 2.19. The van der Waals surface area contributed by atoms with Crippen molar-refractivity contribution in [3.05, 3.63) is 29.6 Å². The van der Waals surface area contributed by atoms with Crippen molar-refractivity contribution in [1.82, 2.24) is 4.98 Å². The molecule has 0 aromatic carbocycles. The van der Waals surface area contributed by atoms with Crippen LogP contribution in [0.2, 0.25) is 0 Å². The predicted molar refractivity (Wildman–Crippen MR) is 53.2 cm³/mol. The van der Waals surface area contributed by atoms with Crippen LogP contribution in [0, 0.1) is 0 Å². The summed E-state index contributed by atoms with van der Waals surface area (Å²) in [5, 5.41) is 0. The molecule has 0 radical (unpaired) electrons. The molecule has 3 nitrogen and oxygen atoms in total. The SMILES string of the molecule is CCc1cccnc1CC.NC=O. The van der Waals surface area contributed by atoms with E-state index in [-0.39, 0.29) is 6.41 Å². The first kappa shape index (κ1) is 11.6. The minimum absolute atomic E-state index is 0.250. The summed E-state index contributed by atoms with van der Waals surface area (Å²) in [6, 6.07) is 4.14. The molecule has 0 bridgehead atoms. The molecule has 0 saturated heterocycles. The van der Waals surface area contributed by atoms with E-state index in [0.29, 0.717) is 0 Å². The summed E-state index contributed by atoms with van der Waals surface area (Å²) in [7, 11) is 0. The van der Waals surface area contributed by atoms with Crippen LogP contribution in [0.4, 0.5) is 0 Å². The number of primary amides is 1. The van der Waals surface area contributed by atoms with Gasteiger partial charge in [0.2, 0.25) is 6.41 Å². The van der Waals surface area contributed by atoms with Gasteiger partial charge in [0.25, 0.3) is 0 Å². The van der Waals surface area contributed by atoms with Crippen LogP contribution in [0.1, 0.15) is 25.1 Å². The number of aryl methyl sites for hydroxylation is 2. The maximum Gasteiger partial charge on any atom is 0.204 e. The number of hydrogen-bond acceptors (Lipinski definition) is 2. The average molecular weight is 180 g/mol. The first-order chi connectivity index (χ1) is 6.29. The number of rotatable bonds is 2. The Morgan fingerprint density at radius 1 is 1.46 bits per heavy atom. The van der Waals surface area contributed by atoms with E-state index in [9.17, 15) is 0 Å². The summed E-state index contributed by atoms with van der Waals surface area (Å²) in [5.74, 6) is 0. The summed E-state index contributed by atoms with van der Waals surface area (Å²) < 4.78 is 0. The van der Waals surface area contributed by atoms with Crippen LogP contribution in [0.15, 0.2) is 18.3 Å². The van der Waals surface area contributed by atoms with Gasteiger partial charge in [0, 0.05) is 11.9 Å². The number of pyridine rings is 1. The molecule has 0 spiro atoms. The number of nitrogens with zero attached hydrogens (tertiary/aromatic N) is 1. The van der Waals surface area contributed by atoms with Gasteiger partial charge in [-0.15, -0.1) is 0 Å². The highest BCUT2D eigenvalue weighted by molar-refractivity contribution is 5.42. The van der Waals surface area contributed by atoms with E-state index < -0.39 is 0 Å². The van der Waals surface area contributed by atoms with Gasteiger partial charge in [0.1, 0.15) is 0 Å². The van der Waals surface area contributed by atoms with E-state index in [1.54, 1.807) is 0 Å². The summed E-state index contributed by atoms with van der Waals surface area (Å²) >= 11 is 0. The van der Waals surface area contributed by atoms with Crippen LogP contribution in [-0.4, -0.2) is 11.4 Å². The summed E-state index contributed by atoms with van der Waals surface area (Å²) in [5.41, 5.74) is 6.79. The minimum atomic E-state index is 0.250. The van der Waals surface area contributed by atoms with Crippen molar-refractivity contribution in [2.45, 2.75) is 26.7 Å². The van der Waals surface area contributed by atoms with E-state index in [2.05, 4.69) is 30.6 Å². The molecule has 3 heteroatoms. The van der Waals surface area contributed by atoms with E-state index in [1.807, 2.05) is 12.3 Å². The smallest absolute Gasteiger partial charge is 0.204 e. The van der Waals surface area contributed by atoms with Gasteiger partial charge in [-0.25, -0.2) is 0 Å². The molecule has 0 atom stereocenters. The van der Waals surface area contributed by atoms with Crippen molar-refractivity contribution < 1.29 is 4.79 Å². The Hall–Kier alpha value is -1.38. The quantitative estimate of drug-likeness (QED) is 0.697. The van der Waals surface area contributed by atoms with Crippen LogP contribution in [-0.2, 0) is 17.6 Å². The van der Waals surface area contributed by atoms with Crippen LogP contribution < -0.4 is 5.73 Å². The fourth-order valence-corrected chi connectivity index (χ4v) is 1.11. The lowest BCUT2D eigenvalue weighted by Crippen LogP contribution is -1.92. The van der Waals surface area contributed by atoms with Crippen molar-refractivity contribution in [2.24, 2.45) is 5.73 Å². The largest absolute Gasteiger partial charge is 0.372 e. The van der Waals surface area contributed by atoms with Gasteiger partial charge in [0.05, 0.1) is 0 Å². The standard InChI is InChI=1S/C9H13N.CH3NO/c1-3-8-6-5-7-10-9(8)4-2;2-1-3/h5-7H,3-4H2,1-2H3;1H,(H2,2,3). The topological polar surface area (TPSA) is 56.0 Å². The molecule has 72 valence electrons. The number of aromatic nitrogens is 1. The van der Waals surface area contributed by atoms with Crippen molar-refractivity contribution >= 4 is 6.41 Å².